The zero-order chi connectivity index (χ0) is 18.5. The van der Waals surface area contributed by atoms with Gasteiger partial charge in [0.1, 0.15) is 12.1 Å². The first-order valence-electron chi connectivity index (χ1n) is 6.39. The summed E-state index contributed by atoms with van der Waals surface area (Å²) < 4.78 is 13.4. The SMILES string of the molecule is CC(=O)O[C@@H]1[C@@H](N=[N+]=[N-])[C@H](OC(C)=O)CS[C@@H]1OC(=N)C(Cl)(Cl)Cl. The fourth-order valence-corrected chi connectivity index (χ4v) is 3.22. The van der Waals surface area contributed by atoms with E-state index in [0.717, 1.165) is 18.7 Å². The topological polar surface area (TPSA) is 134 Å². The predicted molar refractivity (Wildman–Crippen MR) is 89.4 cm³/mol. The molecule has 134 valence electrons. The molecule has 1 N–H and O–H groups in total. The minimum atomic E-state index is -2.11. The van der Waals surface area contributed by atoms with Crippen molar-refractivity contribution in [2.24, 2.45) is 5.11 Å². The Bertz CT molecular complexity index is 566. The van der Waals surface area contributed by atoms with Crippen molar-refractivity contribution in [3.05, 3.63) is 10.4 Å². The van der Waals surface area contributed by atoms with Crippen molar-refractivity contribution < 1.29 is 23.8 Å². The number of alkyl halides is 3. The Kier molecular flexibility index (Phi) is 7.75. The number of thioether (sulfide) groups is 1. The van der Waals surface area contributed by atoms with Gasteiger partial charge in [-0.05, 0) is 5.53 Å². The molecule has 1 aliphatic rings. The lowest BCUT2D eigenvalue weighted by atomic mass is 10.1. The molecule has 1 rings (SSSR count). The zero-order valence-corrected chi connectivity index (χ0v) is 15.5. The van der Waals surface area contributed by atoms with E-state index in [0.29, 0.717) is 0 Å². The van der Waals surface area contributed by atoms with Crippen LogP contribution >= 0.6 is 46.6 Å². The molecule has 0 bridgehead atoms. The third-order valence-electron chi connectivity index (χ3n) is 2.71. The summed E-state index contributed by atoms with van der Waals surface area (Å²) in [6.07, 6.45) is -1.98. The van der Waals surface area contributed by atoms with Gasteiger partial charge < -0.3 is 14.2 Å². The van der Waals surface area contributed by atoms with Crippen LogP contribution in [0.25, 0.3) is 10.4 Å². The number of ether oxygens (including phenoxy) is 3. The molecule has 0 aromatic heterocycles. The normalized spacial score (nSPS) is 26.7. The molecule has 1 saturated heterocycles. The molecule has 0 aromatic carbocycles. The molecule has 13 heteroatoms. The van der Waals surface area contributed by atoms with Crippen LogP contribution in [0.5, 0.6) is 0 Å². The fourth-order valence-electron chi connectivity index (χ4n) is 1.87. The molecule has 0 spiro atoms. The molecule has 24 heavy (non-hydrogen) atoms. The van der Waals surface area contributed by atoms with Crippen molar-refractivity contribution in [2.45, 2.75) is 41.3 Å². The van der Waals surface area contributed by atoms with Gasteiger partial charge in [0.05, 0.1) is 0 Å². The lowest BCUT2D eigenvalue weighted by Crippen LogP contribution is -2.53. The Morgan fingerprint density at radius 3 is 2.29 bits per heavy atom. The number of nitrogens with one attached hydrogen (secondary N) is 1. The average Bonchev–Trinajstić information content (AvgIpc) is 2.42. The van der Waals surface area contributed by atoms with Gasteiger partial charge >= 0.3 is 11.9 Å². The maximum Gasteiger partial charge on any atom is 0.303 e. The first-order valence-corrected chi connectivity index (χ1v) is 8.57. The predicted octanol–water partition coefficient (Wildman–Crippen LogP) is 2.97. The van der Waals surface area contributed by atoms with Gasteiger partial charge in [0.2, 0.25) is 5.90 Å². The largest absolute Gasteiger partial charge is 0.461 e. The third kappa shape index (κ3) is 6.10. The highest BCUT2D eigenvalue weighted by Crippen LogP contribution is 2.36. The number of hydrogen-bond donors (Lipinski definition) is 1. The molecule has 0 radical (unpaired) electrons. The summed E-state index contributed by atoms with van der Waals surface area (Å²) in [6.45, 7) is 2.34. The second-order valence-electron chi connectivity index (χ2n) is 4.56. The summed E-state index contributed by atoms with van der Waals surface area (Å²) in [6, 6.07) is -1.06. The molecule has 0 amide bonds. The summed E-state index contributed by atoms with van der Waals surface area (Å²) in [5, 5.41) is 11.2. The highest BCUT2D eigenvalue weighted by Gasteiger charge is 2.46. The lowest BCUT2D eigenvalue weighted by molar-refractivity contribution is -0.157. The lowest BCUT2D eigenvalue weighted by Gasteiger charge is -2.39. The van der Waals surface area contributed by atoms with Crippen LogP contribution in [0, 0.1) is 5.41 Å². The van der Waals surface area contributed by atoms with Gasteiger partial charge in [-0.1, -0.05) is 39.9 Å². The first-order chi connectivity index (χ1) is 11.1. The van der Waals surface area contributed by atoms with Crippen molar-refractivity contribution in [3.63, 3.8) is 0 Å². The van der Waals surface area contributed by atoms with E-state index in [9.17, 15) is 9.59 Å². The summed E-state index contributed by atoms with van der Waals surface area (Å²) in [5.41, 5.74) is 7.76. The van der Waals surface area contributed by atoms with Crippen molar-refractivity contribution in [1.82, 2.24) is 0 Å². The van der Waals surface area contributed by atoms with E-state index in [4.69, 9.17) is 60.0 Å². The standard InChI is InChI=1S/C11H13Cl3N4O5S/c1-4(19)21-6-3-24-9(23-10(15)11(12,13)14)8(22-5(2)20)7(6)17-18-16/h6-9,15H,3H2,1-2H3/t6-,7+,8-,9+/m1/s1. The van der Waals surface area contributed by atoms with Crippen molar-refractivity contribution in [2.75, 3.05) is 5.75 Å². The van der Waals surface area contributed by atoms with Gasteiger partial charge in [0, 0.05) is 24.5 Å². The highest BCUT2D eigenvalue weighted by atomic mass is 35.6. The van der Waals surface area contributed by atoms with Gasteiger partial charge in [-0.25, -0.2) is 0 Å². The van der Waals surface area contributed by atoms with Crippen LogP contribution in [0.1, 0.15) is 13.8 Å². The summed E-state index contributed by atoms with van der Waals surface area (Å²) in [5.74, 6) is -1.79. The smallest absolute Gasteiger partial charge is 0.303 e. The van der Waals surface area contributed by atoms with Gasteiger partial charge in [-0.2, -0.15) is 0 Å². The number of esters is 2. The summed E-state index contributed by atoms with van der Waals surface area (Å²) in [4.78, 5) is 25.2. The van der Waals surface area contributed by atoms with Crippen LogP contribution in [0.2, 0.25) is 0 Å². The molecule has 9 nitrogen and oxygen atoms in total. The van der Waals surface area contributed by atoms with Crippen LogP contribution in [-0.4, -0.2) is 51.1 Å². The van der Waals surface area contributed by atoms with E-state index in [1.54, 1.807) is 0 Å². The Hall–Kier alpha value is -1.06. The number of carbonyl (C=O) groups is 2. The van der Waals surface area contributed by atoms with Crippen LogP contribution in [-0.2, 0) is 23.8 Å². The fraction of sp³-hybridized carbons (Fsp3) is 0.727. The highest BCUT2D eigenvalue weighted by molar-refractivity contribution is 7.99. The minimum absolute atomic E-state index is 0.166. The van der Waals surface area contributed by atoms with Crippen LogP contribution in [0.15, 0.2) is 5.11 Å². The minimum Gasteiger partial charge on any atom is -0.461 e. The molecule has 0 aliphatic carbocycles. The van der Waals surface area contributed by atoms with E-state index >= 15 is 0 Å². The maximum absolute atomic E-state index is 11.4. The molecule has 1 aliphatic heterocycles. The Labute approximate surface area is 156 Å². The summed E-state index contributed by atoms with van der Waals surface area (Å²) >= 11 is 17.8. The average molecular weight is 420 g/mol. The Balaban J connectivity index is 3.07. The first kappa shape index (κ1) is 21.0. The van der Waals surface area contributed by atoms with Gasteiger partial charge in [0.15, 0.2) is 11.5 Å². The summed E-state index contributed by atoms with van der Waals surface area (Å²) in [7, 11) is 0. The number of hydrogen-bond acceptors (Lipinski definition) is 8. The molecule has 1 fully saturated rings. The van der Waals surface area contributed by atoms with Crippen molar-refractivity contribution in [1.29, 1.82) is 5.41 Å². The van der Waals surface area contributed by atoms with Crippen LogP contribution < -0.4 is 0 Å². The van der Waals surface area contributed by atoms with Crippen LogP contribution in [0.3, 0.4) is 0 Å². The number of rotatable bonds is 4. The van der Waals surface area contributed by atoms with Crippen molar-refractivity contribution in [3.8, 4) is 0 Å². The number of carbonyl (C=O) groups excluding carboxylic acids is 2. The van der Waals surface area contributed by atoms with Gasteiger partial charge in [-0.3, -0.25) is 15.0 Å². The second-order valence-corrected chi connectivity index (χ2v) is 7.98. The monoisotopic (exact) mass is 418 g/mol. The number of nitrogens with zero attached hydrogens (tertiary/aromatic N) is 3. The molecule has 0 unspecified atom stereocenters. The molecule has 0 aromatic rings. The Morgan fingerprint density at radius 1 is 1.25 bits per heavy atom. The molecule has 0 saturated carbocycles. The van der Waals surface area contributed by atoms with Gasteiger partial charge in [0.25, 0.3) is 3.79 Å². The third-order valence-corrected chi connectivity index (χ3v) is 4.44. The van der Waals surface area contributed by atoms with E-state index in [1.165, 1.54) is 6.92 Å². The zero-order valence-electron chi connectivity index (χ0n) is 12.4. The van der Waals surface area contributed by atoms with Crippen LogP contribution in [0.4, 0.5) is 0 Å². The maximum atomic E-state index is 11.4. The molecular formula is C11H13Cl3N4O5S. The molecule has 4 atom stereocenters. The van der Waals surface area contributed by atoms with E-state index in [1.807, 2.05) is 0 Å². The Morgan fingerprint density at radius 2 is 1.83 bits per heavy atom. The molecular weight excluding hydrogens is 407 g/mol. The van der Waals surface area contributed by atoms with E-state index in [2.05, 4.69) is 10.0 Å². The quantitative estimate of drug-likeness (QED) is 0.141. The second kappa shape index (κ2) is 8.87. The molecule has 1 heterocycles. The number of halogens is 3. The van der Waals surface area contributed by atoms with Gasteiger partial charge in [-0.15, -0.1) is 11.8 Å². The number of azide groups is 1. The van der Waals surface area contributed by atoms with Crippen molar-refractivity contribution >= 4 is 64.4 Å². The van der Waals surface area contributed by atoms with E-state index in [-0.39, 0.29) is 5.75 Å². The van der Waals surface area contributed by atoms with E-state index < -0.39 is 45.3 Å².